The van der Waals surface area contributed by atoms with Crippen molar-refractivity contribution in [3.8, 4) is 0 Å². The van der Waals surface area contributed by atoms with Crippen LogP contribution in [-0.4, -0.2) is 41.9 Å². The molecule has 1 N–H and O–H groups in total. The van der Waals surface area contributed by atoms with Gasteiger partial charge in [-0.05, 0) is 45.4 Å². The van der Waals surface area contributed by atoms with Gasteiger partial charge in [0, 0.05) is 20.2 Å². The molecule has 1 aliphatic rings. The molecule has 1 saturated carbocycles. The summed E-state index contributed by atoms with van der Waals surface area (Å²) < 4.78 is 5.38. The van der Waals surface area contributed by atoms with Gasteiger partial charge in [0.1, 0.15) is 5.60 Å². The molecule has 0 bridgehead atoms. The number of carbonyl (C=O) groups is 1. The first kappa shape index (κ1) is 19.3. The van der Waals surface area contributed by atoms with Crippen LogP contribution in [-0.2, 0) is 4.74 Å². The molecular formula is C18H35NO3. The zero-order valence-electron chi connectivity index (χ0n) is 14.9. The van der Waals surface area contributed by atoms with E-state index in [9.17, 15) is 4.79 Å². The lowest BCUT2D eigenvalue weighted by atomic mass is 9.78. The maximum absolute atomic E-state index is 11.9. The second-order valence-electron chi connectivity index (χ2n) is 7.80. The Bertz CT molecular complexity index is 317. The number of ether oxygens (including phenoxy) is 1. The first-order valence-corrected chi connectivity index (χ1v) is 8.87. The highest BCUT2D eigenvalue weighted by atomic mass is 16.6. The van der Waals surface area contributed by atoms with Crippen LogP contribution in [0.1, 0.15) is 72.1 Å². The van der Waals surface area contributed by atoms with Crippen LogP contribution < -0.4 is 0 Å². The van der Waals surface area contributed by atoms with Crippen LogP contribution in [0.4, 0.5) is 4.79 Å². The largest absolute Gasteiger partial charge is 0.444 e. The van der Waals surface area contributed by atoms with E-state index in [0.717, 1.165) is 37.6 Å². The Balaban J connectivity index is 2.17. The molecule has 0 aromatic rings. The molecule has 130 valence electrons. The Hall–Kier alpha value is -0.770. The summed E-state index contributed by atoms with van der Waals surface area (Å²) >= 11 is 0. The van der Waals surface area contributed by atoms with Gasteiger partial charge >= 0.3 is 6.09 Å². The zero-order chi connectivity index (χ0) is 16.6. The van der Waals surface area contributed by atoms with Crippen molar-refractivity contribution in [1.82, 2.24) is 4.90 Å². The maximum atomic E-state index is 11.9. The smallest absolute Gasteiger partial charge is 0.410 e. The predicted octanol–water partition coefficient (Wildman–Crippen LogP) is 4.21. The van der Waals surface area contributed by atoms with Crippen molar-refractivity contribution in [2.24, 2.45) is 11.8 Å². The van der Waals surface area contributed by atoms with Crippen molar-refractivity contribution in [3.63, 3.8) is 0 Å². The van der Waals surface area contributed by atoms with Crippen LogP contribution in [0.2, 0.25) is 0 Å². The van der Waals surface area contributed by atoms with E-state index in [4.69, 9.17) is 9.84 Å². The van der Waals surface area contributed by atoms with Gasteiger partial charge in [-0.3, -0.25) is 0 Å². The first-order chi connectivity index (χ1) is 10.3. The minimum absolute atomic E-state index is 0.217. The molecule has 0 saturated heterocycles. The van der Waals surface area contributed by atoms with Gasteiger partial charge in [0.15, 0.2) is 0 Å². The third-order valence-corrected chi connectivity index (χ3v) is 4.56. The Labute approximate surface area is 136 Å². The number of unbranched alkanes of at least 4 members (excludes halogenated alkanes) is 1. The van der Waals surface area contributed by atoms with Crippen molar-refractivity contribution < 1.29 is 14.6 Å². The second kappa shape index (κ2) is 9.39. The maximum Gasteiger partial charge on any atom is 0.410 e. The molecule has 0 radical (unpaired) electrons. The quantitative estimate of drug-likeness (QED) is 0.716. The number of hydrogen-bond donors (Lipinski definition) is 1. The van der Waals surface area contributed by atoms with Crippen LogP contribution in [0.15, 0.2) is 0 Å². The van der Waals surface area contributed by atoms with E-state index in [1.54, 1.807) is 4.90 Å². The number of hydrogen-bond acceptors (Lipinski definition) is 3. The third kappa shape index (κ3) is 8.02. The van der Waals surface area contributed by atoms with E-state index < -0.39 is 5.60 Å². The van der Waals surface area contributed by atoms with Gasteiger partial charge in [-0.15, -0.1) is 0 Å². The monoisotopic (exact) mass is 313 g/mol. The van der Waals surface area contributed by atoms with E-state index in [1.807, 2.05) is 27.8 Å². The van der Waals surface area contributed by atoms with Gasteiger partial charge in [-0.1, -0.05) is 38.5 Å². The molecule has 1 rings (SSSR count). The molecule has 1 aliphatic carbocycles. The lowest BCUT2D eigenvalue weighted by molar-refractivity contribution is 0.0286. The van der Waals surface area contributed by atoms with Crippen molar-refractivity contribution in [3.05, 3.63) is 0 Å². The highest BCUT2D eigenvalue weighted by Crippen LogP contribution is 2.33. The number of amides is 1. The molecule has 4 heteroatoms. The number of carbonyl (C=O) groups excluding carboxylic acids is 1. The normalized spacial score (nSPS) is 22.4. The van der Waals surface area contributed by atoms with Crippen LogP contribution in [0.3, 0.4) is 0 Å². The molecule has 0 spiro atoms. The van der Waals surface area contributed by atoms with E-state index in [0.29, 0.717) is 6.61 Å². The summed E-state index contributed by atoms with van der Waals surface area (Å²) in [5.41, 5.74) is -0.419. The van der Waals surface area contributed by atoms with Crippen LogP contribution in [0, 0.1) is 11.8 Å². The molecule has 1 fully saturated rings. The van der Waals surface area contributed by atoms with Gasteiger partial charge in [-0.25, -0.2) is 4.79 Å². The topological polar surface area (TPSA) is 49.8 Å². The van der Waals surface area contributed by atoms with Crippen molar-refractivity contribution >= 4 is 6.09 Å². The molecule has 0 aliphatic heterocycles. The SMILES string of the molecule is CN(CCC1CCC(CCCCO)CC1)C(=O)OC(C)(C)C. The van der Waals surface area contributed by atoms with Gasteiger partial charge in [-0.2, -0.15) is 0 Å². The van der Waals surface area contributed by atoms with Gasteiger partial charge < -0.3 is 14.7 Å². The lowest BCUT2D eigenvalue weighted by Gasteiger charge is -2.30. The van der Waals surface area contributed by atoms with Crippen molar-refractivity contribution in [1.29, 1.82) is 0 Å². The van der Waals surface area contributed by atoms with Crippen LogP contribution >= 0.6 is 0 Å². The summed E-state index contributed by atoms with van der Waals surface area (Å²) in [6, 6.07) is 0. The average molecular weight is 313 g/mol. The Kier molecular flexibility index (Phi) is 8.23. The van der Waals surface area contributed by atoms with Gasteiger partial charge in [0.25, 0.3) is 0 Å². The predicted molar refractivity (Wildman–Crippen MR) is 89.9 cm³/mol. The Morgan fingerprint density at radius 3 is 2.14 bits per heavy atom. The van der Waals surface area contributed by atoms with Crippen LogP contribution in [0.5, 0.6) is 0 Å². The summed E-state index contributed by atoms with van der Waals surface area (Å²) in [5.74, 6) is 1.60. The fourth-order valence-corrected chi connectivity index (χ4v) is 3.16. The van der Waals surface area contributed by atoms with Crippen molar-refractivity contribution in [2.45, 2.75) is 77.7 Å². The van der Waals surface area contributed by atoms with E-state index in [-0.39, 0.29) is 6.09 Å². The number of rotatable bonds is 7. The lowest BCUT2D eigenvalue weighted by Crippen LogP contribution is -2.35. The van der Waals surface area contributed by atoms with E-state index in [1.165, 1.54) is 32.1 Å². The summed E-state index contributed by atoms with van der Waals surface area (Å²) in [6.07, 6.45) is 9.43. The molecule has 4 nitrogen and oxygen atoms in total. The highest BCUT2D eigenvalue weighted by Gasteiger charge is 2.23. The zero-order valence-corrected chi connectivity index (χ0v) is 14.9. The third-order valence-electron chi connectivity index (χ3n) is 4.56. The Morgan fingerprint density at radius 1 is 1.09 bits per heavy atom. The van der Waals surface area contributed by atoms with Crippen molar-refractivity contribution in [2.75, 3.05) is 20.2 Å². The number of aliphatic hydroxyl groups excluding tert-OH is 1. The standard InChI is InChI=1S/C18H35NO3/c1-18(2,3)22-17(21)19(4)13-12-16-10-8-15(9-11-16)7-5-6-14-20/h15-16,20H,5-14H2,1-4H3. The summed E-state index contributed by atoms with van der Waals surface area (Å²) in [5, 5.41) is 8.83. The Morgan fingerprint density at radius 2 is 1.64 bits per heavy atom. The van der Waals surface area contributed by atoms with Gasteiger partial charge in [0.05, 0.1) is 0 Å². The van der Waals surface area contributed by atoms with E-state index in [2.05, 4.69) is 0 Å². The fourth-order valence-electron chi connectivity index (χ4n) is 3.16. The number of nitrogens with zero attached hydrogens (tertiary/aromatic N) is 1. The molecule has 1 amide bonds. The molecule has 22 heavy (non-hydrogen) atoms. The second-order valence-corrected chi connectivity index (χ2v) is 7.80. The minimum atomic E-state index is -0.419. The van der Waals surface area contributed by atoms with E-state index >= 15 is 0 Å². The molecule has 0 heterocycles. The number of aliphatic hydroxyl groups is 1. The summed E-state index contributed by atoms with van der Waals surface area (Å²) in [7, 11) is 1.83. The molecular weight excluding hydrogens is 278 g/mol. The van der Waals surface area contributed by atoms with Crippen LogP contribution in [0.25, 0.3) is 0 Å². The summed E-state index contributed by atoms with van der Waals surface area (Å²) in [4.78, 5) is 13.6. The van der Waals surface area contributed by atoms with Gasteiger partial charge in [0.2, 0.25) is 0 Å². The highest BCUT2D eigenvalue weighted by molar-refractivity contribution is 5.67. The first-order valence-electron chi connectivity index (χ1n) is 8.87. The molecule has 0 unspecified atom stereocenters. The summed E-state index contributed by atoms with van der Waals surface area (Å²) in [6.45, 7) is 6.81. The fraction of sp³-hybridized carbons (Fsp3) is 0.944. The molecule has 0 atom stereocenters. The molecule has 0 aromatic carbocycles. The molecule has 0 aromatic heterocycles. The minimum Gasteiger partial charge on any atom is -0.444 e. The average Bonchev–Trinajstić information content (AvgIpc) is 2.44.